The second-order valence-corrected chi connectivity index (χ2v) is 5.91. The molecule has 0 saturated heterocycles. The van der Waals surface area contributed by atoms with Gasteiger partial charge in [-0.25, -0.2) is 9.52 Å². The SMILES string of the molecule is CCCCOC(=O)NS(=O)(=O)N(C)CCOCCNC. The smallest absolute Gasteiger partial charge is 0.421 e. The Bertz CT molecular complexity index is 361. The number of amides is 1. The van der Waals surface area contributed by atoms with Crippen LogP contribution in [-0.2, 0) is 19.7 Å². The summed E-state index contributed by atoms with van der Waals surface area (Å²) in [5.41, 5.74) is 0. The van der Waals surface area contributed by atoms with Gasteiger partial charge in [0.2, 0.25) is 0 Å². The van der Waals surface area contributed by atoms with E-state index in [2.05, 4.69) is 5.32 Å². The Morgan fingerprint density at radius 3 is 2.55 bits per heavy atom. The third-order valence-electron chi connectivity index (χ3n) is 2.40. The number of carbonyl (C=O) groups is 1. The lowest BCUT2D eigenvalue weighted by Gasteiger charge is -2.17. The van der Waals surface area contributed by atoms with Crippen molar-refractivity contribution in [2.75, 3.05) is 47.0 Å². The van der Waals surface area contributed by atoms with Gasteiger partial charge in [0.15, 0.2) is 0 Å². The van der Waals surface area contributed by atoms with Crippen molar-refractivity contribution in [2.45, 2.75) is 19.8 Å². The highest BCUT2D eigenvalue weighted by atomic mass is 32.2. The van der Waals surface area contributed by atoms with Crippen LogP contribution in [0.4, 0.5) is 4.79 Å². The van der Waals surface area contributed by atoms with Crippen LogP contribution in [0.1, 0.15) is 19.8 Å². The first-order valence-electron chi connectivity index (χ1n) is 6.57. The largest absolute Gasteiger partial charge is 0.449 e. The number of nitrogens with one attached hydrogen (secondary N) is 2. The predicted octanol–water partition coefficient (Wildman–Crippen LogP) is -0.0747. The van der Waals surface area contributed by atoms with E-state index < -0.39 is 16.3 Å². The van der Waals surface area contributed by atoms with Gasteiger partial charge in [-0.3, -0.25) is 0 Å². The van der Waals surface area contributed by atoms with E-state index in [9.17, 15) is 13.2 Å². The fourth-order valence-electron chi connectivity index (χ4n) is 1.11. The van der Waals surface area contributed by atoms with Crippen molar-refractivity contribution in [1.82, 2.24) is 14.3 Å². The van der Waals surface area contributed by atoms with E-state index in [0.717, 1.165) is 10.7 Å². The molecule has 120 valence electrons. The maximum absolute atomic E-state index is 11.7. The van der Waals surface area contributed by atoms with Crippen LogP contribution in [0.25, 0.3) is 0 Å². The average Bonchev–Trinajstić information content (AvgIpc) is 2.38. The molecular weight excluding hydrogens is 286 g/mol. The summed E-state index contributed by atoms with van der Waals surface area (Å²) < 4.78 is 36.3. The van der Waals surface area contributed by atoms with Crippen LogP contribution in [0.2, 0.25) is 0 Å². The van der Waals surface area contributed by atoms with Crippen molar-refractivity contribution in [2.24, 2.45) is 0 Å². The highest BCUT2D eigenvalue weighted by Gasteiger charge is 2.20. The molecule has 0 fully saturated rings. The summed E-state index contributed by atoms with van der Waals surface area (Å²) in [4.78, 5) is 11.3. The maximum Gasteiger partial charge on any atom is 0.421 e. The maximum atomic E-state index is 11.7. The second-order valence-electron chi connectivity index (χ2n) is 4.13. The highest BCUT2D eigenvalue weighted by Crippen LogP contribution is 1.96. The third-order valence-corrected chi connectivity index (χ3v) is 3.83. The third kappa shape index (κ3) is 9.08. The van der Waals surface area contributed by atoms with Gasteiger partial charge in [0.25, 0.3) is 0 Å². The van der Waals surface area contributed by atoms with Gasteiger partial charge >= 0.3 is 16.3 Å². The van der Waals surface area contributed by atoms with E-state index in [4.69, 9.17) is 9.47 Å². The van der Waals surface area contributed by atoms with Crippen molar-refractivity contribution in [3.05, 3.63) is 0 Å². The number of carbonyl (C=O) groups excluding carboxylic acids is 1. The molecular formula is C11H25N3O5S. The standard InChI is InChI=1S/C11H25N3O5S/c1-4-5-8-19-11(15)13-20(16,17)14(3)7-10-18-9-6-12-2/h12H,4-10H2,1-3H3,(H,13,15). The molecule has 2 N–H and O–H groups in total. The molecule has 0 aliphatic carbocycles. The first-order valence-corrected chi connectivity index (χ1v) is 8.01. The van der Waals surface area contributed by atoms with Gasteiger partial charge in [-0.15, -0.1) is 0 Å². The zero-order valence-corrected chi connectivity index (χ0v) is 13.2. The summed E-state index contributed by atoms with van der Waals surface area (Å²) in [7, 11) is -0.712. The highest BCUT2D eigenvalue weighted by molar-refractivity contribution is 7.87. The minimum absolute atomic E-state index is 0.154. The lowest BCUT2D eigenvalue weighted by Crippen LogP contribution is -2.43. The van der Waals surface area contributed by atoms with Gasteiger partial charge in [0, 0.05) is 20.1 Å². The van der Waals surface area contributed by atoms with Gasteiger partial charge in [-0.05, 0) is 13.5 Å². The van der Waals surface area contributed by atoms with Crippen molar-refractivity contribution in [3.63, 3.8) is 0 Å². The van der Waals surface area contributed by atoms with Crippen molar-refractivity contribution in [1.29, 1.82) is 0 Å². The van der Waals surface area contributed by atoms with Gasteiger partial charge in [-0.1, -0.05) is 13.3 Å². The molecule has 0 aromatic heterocycles. The lowest BCUT2D eigenvalue weighted by atomic mass is 10.4. The fraction of sp³-hybridized carbons (Fsp3) is 0.909. The molecule has 0 aromatic carbocycles. The Hall–Kier alpha value is -0.900. The van der Waals surface area contributed by atoms with E-state index in [1.807, 2.05) is 11.6 Å². The minimum Gasteiger partial charge on any atom is -0.449 e. The molecule has 0 unspecified atom stereocenters. The van der Waals surface area contributed by atoms with Gasteiger partial charge < -0.3 is 14.8 Å². The zero-order chi connectivity index (χ0) is 15.4. The number of nitrogens with zero attached hydrogens (tertiary/aromatic N) is 1. The molecule has 0 spiro atoms. The van der Waals surface area contributed by atoms with Crippen LogP contribution in [0, 0.1) is 0 Å². The van der Waals surface area contributed by atoms with E-state index >= 15 is 0 Å². The monoisotopic (exact) mass is 311 g/mol. The molecule has 0 bridgehead atoms. The Labute approximate surface area is 121 Å². The minimum atomic E-state index is -3.88. The number of hydrogen-bond donors (Lipinski definition) is 2. The van der Waals surface area contributed by atoms with Crippen LogP contribution in [0.15, 0.2) is 0 Å². The zero-order valence-electron chi connectivity index (χ0n) is 12.3. The molecule has 0 rings (SSSR count). The Morgan fingerprint density at radius 1 is 1.25 bits per heavy atom. The molecule has 0 heterocycles. The summed E-state index contributed by atoms with van der Waals surface area (Å²) in [6.45, 7) is 3.75. The molecule has 0 aliphatic rings. The molecule has 9 heteroatoms. The molecule has 0 radical (unpaired) electrons. The summed E-state index contributed by atoms with van der Waals surface area (Å²) in [6.07, 6.45) is 0.605. The van der Waals surface area contributed by atoms with Gasteiger partial charge in [0.1, 0.15) is 0 Å². The molecule has 20 heavy (non-hydrogen) atoms. The molecule has 1 amide bonds. The molecule has 8 nitrogen and oxygen atoms in total. The lowest BCUT2D eigenvalue weighted by molar-refractivity contribution is 0.128. The first kappa shape index (κ1) is 19.1. The van der Waals surface area contributed by atoms with Crippen molar-refractivity contribution < 1.29 is 22.7 Å². The van der Waals surface area contributed by atoms with Crippen LogP contribution >= 0.6 is 0 Å². The number of likely N-dealkylation sites (N-methyl/N-ethyl adjacent to an activating group) is 2. The summed E-state index contributed by atoms with van der Waals surface area (Å²) in [5, 5.41) is 2.91. The number of hydrogen-bond acceptors (Lipinski definition) is 6. The normalized spacial score (nSPS) is 11.6. The van der Waals surface area contributed by atoms with E-state index in [1.165, 1.54) is 7.05 Å². The van der Waals surface area contributed by atoms with E-state index in [-0.39, 0.29) is 19.8 Å². The average molecular weight is 311 g/mol. The van der Waals surface area contributed by atoms with Crippen LogP contribution in [0.5, 0.6) is 0 Å². The number of unbranched alkanes of at least 4 members (excludes halogenated alkanes) is 1. The second kappa shape index (κ2) is 10.8. The Balaban J connectivity index is 3.98. The van der Waals surface area contributed by atoms with E-state index in [1.54, 1.807) is 7.05 Å². The molecule has 0 aliphatic heterocycles. The molecule has 0 aromatic rings. The Kier molecular flexibility index (Phi) is 10.3. The molecule has 0 atom stereocenters. The summed E-state index contributed by atoms with van der Waals surface area (Å²) in [6, 6.07) is 0. The molecule has 0 saturated carbocycles. The topological polar surface area (TPSA) is 97.0 Å². The predicted molar refractivity (Wildman–Crippen MR) is 75.7 cm³/mol. The van der Waals surface area contributed by atoms with Crippen LogP contribution in [-0.4, -0.2) is 65.8 Å². The number of rotatable bonds is 11. The summed E-state index contributed by atoms with van der Waals surface area (Å²) in [5.74, 6) is 0. The summed E-state index contributed by atoms with van der Waals surface area (Å²) >= 11 is 0. The van der Waals surface area contributed by atoms with Gasteiger partial charge in [-0.2, -0.15) is 12.7 Å². The van der Waals surface area contributed by atoms with Crippen LogP contribution in [0.3, 0.4) is 0 Å². The fourth-order valence-corrected chi connectivity index (χ4v) is 1.85. The van der Waals surface area contributed by atoms with E-state index in [0.29, 0.717) is 19.6 Å². The van der Waals surface area contributed by atoms with Crippen molar-refractivity contribution >= 4 is 16.3 Å². The van der Waals surface area contributed by atoms with Crippen molar-refractivity contribution in [3.8, 4) is 0 Å². The number of ether oxygens (including phenoxy) is 2. The quantitative estimate of drug-likeness (QED) is 0.518. The Morgan fingerprint density at radius 2 is 1.95 bits per heavy atom. The van der Waals surface area contributed by atoms with Gasteiger partial charge in [0.05, 0.1) is 19.8 Å². The van der Waals surface area contributed by atoms with Crippen LogP contribution < -0.4 is 10.0 Å². The first-order chi connectivity index (χ1) is 9.44.